The first-order valence-corrected chi connectivity index (χ1v) is 14.6. The summed E-state index contributed by atoms with van der Waals surface area (Å²) in [5.74, 6) is -6.00. The number of ether oxygens (including phenoxy) is 8. The second-order valence-corrected chi connectivity index (χ2v) is 11.4. The van der Waals surface area contributed by atoms with Crippen molar-refractivity contribution < 1.29 is 77.2 Å². The van der Waals surface area contributed by atoms with Crippen LogP contribution in [0.1, 0.15) is 54.4 Å². The molecule has 2 heterocycles. The van der Waals surface area contributed by atoms with E-state index in [9.17, 15) is 39.3 Å². The van der Waals surface area contributed by atoms with E-state index in [2.05, 4.69) is 0 Å². The van der Waals surface area contributed by atoms with Gasteiger partial charge in [-0.05, 0) is 18.4 Å². The molecule has 16 nitrogen and oxygen atoms in total. The summed E-state index contributed by atoms with van der Waals surface area (Å²) in [4.78, 5) is 60.2. The lowest BCUT2D eigenvalue weighted by Crippen LogP contribution is -2.61. The lowest BCUT2D eigenvalue weighted by Gasteiger charge is -2.43. The van der Waals surface area contributed by atoms with Crippen LogP contribution in [0.15, 0.2) is 11.8 Å². The maximum absolute atomic E-state index is 12.8. The van der Waals surface area contributed by atoms with Gasteiger partial charge in [0.1, 0.15) is 30.5 Å². The van der Waals surface area contributed by atoms with E-state index in [1.165, 1.54) is 6.26 Å². The number of hydrogen-bond acceptors (Lipinski definition) is 16. The highest BCUT2D eigenvalue weighted by atomic mass is 16.7. The quantitative estimate of drug-likeness (QED) is 0.182. The van der Waals surface area contributed by atoms with Crippen LogP contribution >= 0.6 is 0 Å². The van der Waals surface area contributed by atoms with Gasteiger partial charge in [-0.15, -0.1) is 0 Å². The number of carbonyl (C=O) groups excluding carboxylic acids is 5. The number of aliphatic hydroxyl groups excluding tert-OH is 2. The van der Waals surface area contributed by atoms with E-state index in [1.54, 1.807) is 13.8 Å². The molecule has 3 rings (SSSR count). The van der Waals surface area contributed by atoms with Crippen LogP contribution < -0.4 is 0 Å². The van der Waals surface area contributed by atoms with Gasteiger partial charge in [-0.3, -0.25) is 24.0 Å². The highest BCUT2D eigenvalue weighted by molar-refractivity contribution is 5.72. The molecule has 2 fully saturated rings. The van der Waals surface area contributed by atoms with Gasteiger partial charge in [-0.1, -0.05) is 13.8 Å². The van der Waals surface area contributed by atoms with Crippen molar-refractivity contribution in [2.45, 2.75) is 103 Å². The van der Waals surface area contributed by atoms with Crippen LogP contribution in [0.2, 0.25) is 0 Å². The molecule has 3 N–H and O–H groups in total. The molecular weight excluding hydrogens is 604 g/mol. The van der Waals surface area contributed by atoms with Gasteiger partial charge >= 0.3 is 29.8 Å². The first-order valence-electron chi connectivity index (χ1n) is 14.6. The minimum Gasteiger partial charge on any atom is -0.463 e. The average molecular weight is 647 g/mol. The standard InChI is InChI=1S/C29H42O16/c1-7-13(2)26(36)45-27-22-19(8-21(41-15(4)32)29(22,37)12-40-14(3)31)18(10-38-27)11-39-28-25(43-17(6)34)24(42-16(5)33)23(35)20(9-30)44-28/h10,13,19-25,27-28,30,35,37H,7-9,11-12H2,1-6H3/t13-,19-,20-,21+,22-,23-,24+,25-,27+,28-,29-/m1/s1. The van der Waals surface area contributed by atoms with Gasteiger partial charge in [0.2, 0.25) is 6.29 Å². The summed E-state index contributed by atoms with van der Waals surface area (Å²) in [5.41, 5.74) is -1.71. The van der Waals surface area contributed by atoms with E-state index in [-0.39, 0.29) is 13.0 Å². The molecule has 11 atom stereocenters. The molecule has 0 spiro atoms. The zero-order valence-corrected chi connectivity index (χ0v) is 26.0. The molecule has 3 aliphatic rings. The van der Waals surface area contributed by atoms with Crippen LogP contribution in [-0.2, 0) is 61.9 Å². The zero-order valence-electron chi connectivity index (χ0n) is 26.0. The van der Waals surface area contributed by atoms with Gasteiger partial charge in [-0.2, -0.15) is 0 Å². The highest BCUT2D eigenvalue weighted by Gasteiger charge is 2.63. The molecule has 1 saturated carbocycles. The number of carbonyl (C=O) groups is 5. The van der Waals surface area contributed by atoms with Crippen LogP contribution in [-0.4, -0.2) is 114 Å². The Morgan fingerprint density at radius 2 is 1.58 bits per heavy atom. The molecule has 0 unspecified atom stereocenters. The molecule has 254 valence electrons. The van der Waals surface area contributed by atoms with Crippen LogP contribution in [0, 0.1) is 17.8 Å². The minimum absolute atomic E-state index is 0.0229. The Morgan fingerprint density at radius 1 is 0.956 bits per heavy atom. The van der Waals surface area contributed by atoms with Crippen molar-refractivity contribution in [3.05, 3.63) is 11.8 Å². The predicted molar refractivity (Wildman–Crippen MR) is 146 cm³/mol. The fourth-order valence-corrected chi connectivity index (χ4v) is 5.67. The van der Waals surface area contributed by atoms with E-state index < -0.39 is 110 Å². The summed E-state index contributed by atoms with van der Waals surface area (Å²) in [7, 11) is 0. The molecule has 1 saturated heterocycles. The van der Waals surface area contributed by atoms with Crippen molar-refractivity contribution in [1.29, 1.82) is 0 Å². The molecule has 0 amide bonds. The van der Waals surface area contributed by atoms with Gasteiger partial charge < -0.3 is 53.2 Å². The summed E-state index contributed by atoms with van der Waals surface area (Å²) in [6.07, 6.45) is -8.12. The van der Waals surface area contributed by atoms with E-state index >= 15 is 0 Å². The second kappa shape index (κ2) is 15.3. The van der Waals surface area contributed by atoms with Gasteiger partial charge in [-0.25, -0.2) is 0 Å². The number of hydrogen-bond donors (Lipinski definition) is 3. The van der Waals surface area contributed by atoms with Gasteiger partial charge in [0.05, 0.1) is 31.3 Å². The van der Waals surface area contributed by atoms with Crippen LogP contribution in [0.4, 0.5) is 0 Å². The molecule has 0 aromatic carbocycles. The molecule has 0 bridgehead atoms. The predicted octanol–water partition coefficient (Wildman–Crippen LogP) is -0.364. The first kappa shape index (κ1) is 36.2. The summed E-state index contributed by atoms with van der Waals surface area (Å²) in [6.45, 7) is 6.25. The van der Waals surface area contributed by atoms with Crippen molar-refractivity contribution in [3.8, 4) is 0 Å². The van der Waals surface area contributed by atoms with E-state index in [1.807, 2.05) is 0 Å². The Labute approximate surface area is 259 Å². The molecule has 2 aliphatic heterocycles. The molecule has 0 aromatic heterocycles. The monoisotopic (exact) mass is 646 g/mol. The first-order chi connectivity index (χ1) is 21.1. The Bertz CT molecular complexity index is 1140. The number of fused-ring (bicyclic) bond motifs is 1. The van der Waals surface area contributed by atoms with Crippen molar-refractivity contribution in [2.24, 2.45) is 17.8 Å². The maximum atomic E-state index is 12.8. The highest BCUT2D eigenvalue weighted by Crippen LogP contribution is 2.51. The van der Waals surface area contributed by atoms with Crippen molar-refractivity contribution in [1.82, 2.24) is 0 Å². The maximum Gasteiger partial charge on any atom is 0.311 e. The second-order valence-electron chi connectivity index (χ2n) is 11.4. The Morgan fingerprint density at radius 3 is 2.13 bits per heavy atom. The fraction of sp³-hybridized carbons (Fsp3) is 0.759. The molecule has 0 radical (unpaired) electrons. The Kier molecular flexibility index (Phi) is 12.3. The smallest absolute Gasteiger partial charge is 0.311 e. The lowest BCUT2D eigenvalue weighted by molar-refractivity contribution is -0.304. The third-order valence-electron chi connectivity index (χ3n) is 8.04. The van der Waals surface area contributed by atoms with Crippen LogP contribution in [0.5, 0.6) is 0 Å². The normalized spacial score (nSPS) is 34.7. The van der Waals surface area contributed by atoms with E-state index in [0.29, 0.717) is 12.0 Å². The van der Waals surface area contributed by atoms with Gasteiger partial charge in [0.25, 0.3) is 0 Å². The molecule has 16 heteroatoms. The fourth-order valence-electron chi connectivity index (χ4n) is 5.67. The topological polar surface area (TPSA) is 220 Å². The summed E-state index contributed by atoms with van der Waals surface area (Å²) in [6, 6.07) is 0. The lowest BCUT2D eigenvalue weighted by atomic mass is 9.80. The molecule has 0 aromatic rings. The van der Waals surface area contributed by atoms with Crippen LogP contribution in [0.3, 0.4) is 0 Å². The summed E-state index contributed by atoms with van der Waals surface area (Å²) >= 11 is 0. The van der Waals surface area contributed by atoms with Crippen molar-refractivity contribution in [3.63, 3.8) is 0 Å². The largest absolute Gasteiger partial charge is 0.463 e. The SMILES string of the molecule is CC[C@@H](C)C(=O)O[C@@H]1OC=C(CO[C@@H]2O[C@H](CO)[C@@H](O)[C@H](OC(C)=O)[C@H]2OC(C)=O)[C@H]2C[C@H](OC(C)=O)[C@](O)(COC(C)=O)[C@@H]12. The average Bonchev–Trinajstić information content (AvgIpc) is 3.25. The Hall–Kier alpha value is -3.31. The third-order valence-corrected chi connectivity index (χ3v) is 8.04. The number of esters is 5. The molecular formula is C29H42O16. The Balaban J connectivity index is 1.96. The minimum atomic E-state index is -2.06. The van der Waals surface area contributed by atoms with Gasteiger partial charge in [0.15, 0.2) is 18.5 Å². The van der Waals surface area contributed by atoms with Gasteiger partial charge in [0, 0.05) is 33.6 Å². The van der Waals surface area contributed by atoms with E-state index in [0.717, 1.165) is 27.7 Å². The molecule has 45 heavy (non-hydrogen) atoms. The molecule has 1 aliphatic carbocycles. The van der Waals surface area contributed by atoms with Crippen molar-refractivity contribution >= 4 is 29.8 Å². The number of aliphatic hydroxyl groups is 3. The zero-order chi connectivity index (χ0) is 33.6. The van der Waals surface area contributed by atoms with E-state index in [4.69, 9.17) is 37.9 Å². The summed E-state index contributed by atoms with van der Waals surface area (Å²) in [5, 5.41) is 32.4. The number of rotatable bonds is 12. The summed E-state index contributed by atoms with van der Waals surface area (Å²) < 4.78 is 44.1. The van der Waals surface area contributed by atoms with Crippen molar-refractivity contribution in [2.75, 3.05) is 19.8 Å². The van der Waals surface area contributed by atoms with Crippen LogP contribution in [0.25, 0.3) is 0 Å². The third kappa shape index (κ3) is 8.49.